The number of unbranched alkanes of at least 4 members (excludes halogenated alkanes) is 5. The summed E-state index contributed by atoms with van der Waals surface area (Å²) in [6.45, 7) is 7.62. The molecule has 2 N–H and O–H groups in total. The van der Waals surface area contributed by atoms with Crippen LogP contribution in [0.1, 0.15) is 125 Å². The molecule has 0 fully saturated rings. The number of aliphatic hydroxyl groups excluding tert-OH is 2. The zero-order chi connectivity index (χ0) is 49.3. The molecule has 0 radical (unpaired) electrons. The maximum absolute atomic E-state index is 8.82. The summed E-state index contributed by atoms with van der Waals surface area (Å²) in [6, 6.07) is 46.2. The van der Waals surface area contributed by atoms with Crippen molar-refractivity contribution in [2.24, 2.45) is 0 Å². The maximum Gasteiger partial charge on any atom is 0.115 e. The Balaban J connectivity index is 0.000000278. The van der Waals surface area contributed by atoms with Crippen LogP contribution in [0.15, 0.2) is 142 Å². The normalized spacial score (nSPS) is 10.7. The van der Waals surface area contributed by atoms with Crippen LogP contribution in [0.5, 0.6) is 0 Å². The van der Waals surface area contributed by atoms with Crippen LogP contribution < -0.4 is 0 Å². The second-order valence-corrected chi connectivity index (χ2v) is 18.0. The van der Waals surface area contributed by atoms with Gasteiger partial charge in [0.2, 0.25) is 0 Å². The lowest BCUT2D eigenvalue weighted by Gasteiger charge is -2.03. The molecule has 0 bridgehead atoms. The highest BCUT2D eigenvalue weighted by Gasteiger charge is 1.99. The van der Waals surface area contributed by atoms with Crippen LogP contribution in [0.2, 0.25) is 0 Å². The smallest absolute Gasteiger partial charge is 0.115 e. The molecule has 0 aliphatic carbocycles. The SMILES string of the molecule is C#CCCCCO.CCCCOC#Cc1ccc(/C=C/c2ccc(/C=C/c3ccc(C#CCCCCO)cc3)c(C)c2)cc1.Cc1cc(/C=C/c2ccc(Br)cc2)ccc1/C=C/c1ccc(Br)cc1. The molecule has 6 aromatic carbocycles. The molecule has 352 valence electrons. The Morgan fingerprint density at radius 1 is 0.478 bits per heavy atom. The van der Waals surface area contributed by atoms with Gasteiger partial charge in [0.05, 0.1) is 0 Å². The molecule has 0 amide bonds. The van der Waals surface area contributed by atoms with E-state index in [1.54, 1.807) is 0 Å². The van der Waals surface area contributed by atoms with Crippen molar-refractivity contribution in [3.63, 3.8) is 0 Å². The number of aliphatic hydroxyl groups is 2. The average Bonchev–Trinajstić information content (AvgIpc) is 3.36. The van der Waals surface area contributed by atoms with E-state index < -0.39 is 0 Å². The molecule has 0 heterocycles. The number of benzene rings is 6. The topological polar surface area (TPSA) is 49.7 Å². The maximum atomic E-state index is 8.82. The van der Waals surface area contributed by atoms with Gasteiger partial charge in [-0.2, -0.15) is 0 Å². The van der Waals surface area contributed by atoms with Crippen molar-refractivity contribution in [3.05, 3.63) is 209 Å². The van der Waals surface area contributed by atoms with E-state index in [9.17, 15) is 0 Å². The molecule has 0 atom stereocenters. The lowest BCUT2D eigenvalue weighted by Crippen LogP contribution is -1.85. The van der Waals surface area contributed by atoms with Gasteiger partial charge >= 0.3 is 0 Å². The van der Waals surface area contributed by atoms with Crippen molar-refractivity contribution in [1.29, 1.82) is 0 Å². The van der Waals surface area contributed by atoms with Gasteiger partial charge in [0.25, 0.3) is 0 Å². The number of ether oxygens (including phenoxy) is 1. The van der Waals surface area contributed by atoms with Crippen LogP contribution >= 0.6 is 31.9 Å². The monoisotopic (exact) mass is 1040 g/mol. The lowest BCUT2D eigenvalue weighted by atomic mass is 10.0. The summed E-state index contributed by atoms with van der Waals surface area (Å²) in [5, 5.41) is 17.0. The quantitative estimate of drug-likeness (QED) is 0.0544. The summed E-state index contributed by atoms with van der Waals surface area (Å²) in [5.41, 5.74) is 14.0. The van der Waals surface area contributed by atoms with Gasteiger partial charge in [0.1, 0.15) is 12.7 Å². The van der Waals surface area contributed by atoms with Gasteiger partial charge in [-0.15, -0.1) is 12.3 Å². The molecular weight excluding hydrogens is 977 g/mol. The van der Waals surface area contributed by atoms with Crippen LogP contribution in [0, 0.1) is 50.1 Å². The number of hydrogen-bond donors (Lipinski definition) is 2. The first-order valence-corrected chi connectivity index (χ1v) is 25.2. The van der Waals surface area contributed by atoms with Gasteiger partial charge in [-0.25, -0.2) is 0 Å². The molecule has 0 aromatic heterocycles. The Hall–Kier alpha value is -6.36. The zero-order valence-electron chi connectivity index (χ0n) is 40.2. The van der Waals surface area contributed by atoms with Crippen molar-refractivity contribution >= 4 is 80.5 Å². The van der Waals surface area contributed by atoms with Gasteiger partial charge < -0.3 is 14.9 Å². The van der Waals surface area contributed by atoms with Crippen molar-refractivity contribution in [3.8, 4) is 36.2 Å². The molecule has 0 aliphatic rings. The number of terminal acetylenes is 1. The summed E-state index contributed by atoms with van der Waals surface area (Å²) in [5.74, 6) is 11.9. The zero-order valence-corrected chi connectivity index (χ0v) is 43.4. The summed E-state index contributed by atoms with van der Waals surface area (Å²) < 4.78 is 7.51. The molecule has 69 heavy (non-hydrogen) atoms. The first kappa shape index (κ1) is 55.2. The first-order valence-electron chi connectivity index (χ1n) is 23.6. The third-order valence-corrected chi connectivity index (χ3v) is 11.6. The minimum atomic E-state index is 0.239. The first-order chi connectivity index (χ1) is 33.7. The van der Waals surface area contributed by atoms with Gasteiger partial charge in [-0.3, -0.25) is 0 Å². The Labute approximate surface area is 430 Å². The number of aryl methyl sites for hydroxylation is 2. The van der Waals surface area contributed by atoms with Crippen molar-refractivity contribution < 1.29 is 14.9 Å². The van der Waals surface area contributed by atoms with Crippen molar-refractivity contribution in [1.82, 2.24) is 0 Å². The van der Waals surface area contributed by atoms with Gasteiger partial charge in [0.15, 0.2) is 0 Å². The van der Waals surface area contributed by atoms with Crippen molar-refractivity contribution in [2.45, 2.75) is 72.1 Å². The van der Waals surface area contributed by atoms with Crippen molar-refractivity contribution in [2.75, 3.05) is 19.8 Å². The summed E-state index contributed by atoms with van der Waals surface area (Å²) in [4.78, 5) is 0. The summed E-state index contributed by atoms with van der Waals surface area (Å²) in [7, 11) is 0. The van der Waals surface area contributed by atoms with Crippen LogP contribution in [-0.4, -0.2) is 30.0 Å². The van der Waals surface area contributed by atoms with E-state index in [0.29, 0.717) is 6.61 Å². The largest absolute Gasteiger partial charge is 0.446 e. The van der Waals surface area contributed by atoms with Gasteiger partial charge in [-0.1, -0.05) is 191 Å². The van der Waals surface area contributed by atoms with E-state index in [4.69, 9.17) is 21.4 Å². The number of halogens is 2. The molecule has 6 aromatic rings. The molecule has 6 rings (SSSR count). The van der Waals surface area contributed by atoms with E-state index in [1.807, 2.05) is 12.1 Å². The van der Waals surface area contributed by atoms with Gasteiger partial charge in [0, 0.05) is 46.1 Å². The number of hydrogen-bond acceptors (Lipinski definition) is 3. The highest BCUT2D eigenvalue weighted by molar-refractivity contribution is 9.10. The Bertz CT molecular complexity index is 2730. The molecule has 0 saturated heterocycles. The van der Waals surface area contributed by atoms with Gasteiger partial charge in [-0.05, 0) is 156 Å². The third-order valence-electron chi connectivity index (χ3n) is 10.5. The molecule has 0 saturated carbocycles. The molecule has 0 spiro atoms. The van der Waals surface area contributed by atoms with Crippen LogP contribution in [-0.2, 0) is 4.74 Å². The highest BCUT2D eigenvalue weighted by Crippen LogP contribution is 2.20. The Morgan fingerprint density at radius 2 is 0.870 bits per heavy atom. The van der Waals surface area contributed by atoms with E-state index in [2.05, 4.69) is 252 Å². The highest BCUT2D eigenvalue weighted by atomic mass is 79.9. The number of rotatable bonds is 17. The standard InChI is InChI=1S/C35H36O2.C23H18Br2.C6H10O/c1-3-4-26-37-27-24-33-16-14-31(15-17-33)18-19-34-21-23-35(29(2)28-34)22-20-32-12-10-30(11-13-32)9-7-5-6-8-25-36;1-17-16-20(3-2-18-6-12-22(24)13-7-18)5-11-21(17)10-4-19-8-14-23(25)15-9-19;1-2-3-4-5-6-7/h10-23,28,36H,3-6,8,25-26H2,1-2H3;2-16H,1H3;1,7H,3-6H2/b19-18+,22-20+;3-2+,10-4+;. The summed E-state index contributed by atoms with van der Waals surface area (Å²) in [6.07, 6.45) is 32.2. The second-order valence-electron chi connectivity index (χ2n) is 16.2. The molecule has 3 nitrogen and oxygen atoms in total. The fourth-order valence-corrected chi connectivity index (χ4v) is 6.96. The fraction of sp³-hybridized carbons (Fsp3) is 0.219. The molecular formula is C64H64Br2O3. The molecule has 0 unspecified atom stereocenters. The van der Waals surface area contributed by atoms with Crippen LogP contribution in [0.4, 0.5) is 0 Å². The Morgan fingerprint density at radius 3 is 1.29 bits per heavy atom. The third kappa shape index (κ3) is 23.0. The lowest BCUT2D eigenvalue weighted by molar-refractivity contribution is 0.271. The van der Waals surface area contributed by atoms with E-state index in [0.717, 1.165) is 82.6 Å². The Kier molecular flexibility index (Phi) is 26.6. The van der Waals surface area contributed by atoms with E-state index in [-0.39, 0.29) is 13.2 Å². The fourth-order valence-electron chi connectivity index (χ4n) is 6.43. The minimum absolute atomic E-state index is 0.239. The molecule has 0 aliphatic heterocycles. The minimum Gasteiger partial charge on any atom is -0.446 e. The second kappa shape index (κ2) is 33.2. The average molecular weight is 1040 g/mol. The van der Waals surface area contributed by atoms with Crippen LogP contribution in [0.25, 0.3) is 48.6 Å². The predicted octanol–water partition coefficient (Wildman–Crippen LogP) is 16.6. The van der Waals surface area contributed by atoms with Crippen LogP contribution in [0.3, 0.4) is 0 Å². The predicted molar refractivity (Wildman–Crippen MR) is 305 cm³/mol. The molecule has 5 heteroatoms. The summed E-state index contributed by atoms with van der Waals surface area (Å²) >= 11 is 6.92. The van der Waals surface area contributed by atoms with E-state index >= 15 is 0 Å². The van der Waals surface area contributed by atoms with E-state index in [1.165, 1.54) is 44.5 Å².